The minimum atomic E-state index is -0.227. The summed E-state index contributed by atoms with van der Waals surface area (Å²) in [6, 6.07) is 7.55. The molecule has 0 aromatic carbocycles. The number of hydrogen-bond donors (Lipinski definition) is 0. The van der Waals surface area contributed by atoms with E-state index >= 15 is 0 Å². The lowest BCUT2D eigenvalue weighted by molar-refractivity contribution is -0.122. The maximum Gasteiger partial charge on any atom is 0.264 e. The van der Waals surface area contributed by atoms with Gasteiger partial charge in [0.05, 0.1) is 30.8 Å². The molecule has 1 spiro atoms. The molecule has 0 aliphatic carbocycles. The van der Waals surface area contributed by atoms with Crippen LogP contribution in [0.4, 0.5) is 0 Å². The second-order valence-electron chi connectivity index (χ2n) is 6.04. The third-order valence-electron chi connectivity index (χ3n) is 4.62. The molecule has 0 N–H and O–H groups in total. The molecule has 4 rings (SSSR count). The van der Waals surface area contributed by atoms with Gasteiger partial charge in [0.25, 0.3) is 5.91 Å². The summed E-state index contributed by atoms with van der Waals surface area (Å²) >= 11 is 1.48. The van der Waals surface area contributed by atoms with Crippen molar-refractivity contribution < 1.29 is 14.3 Å². The number of amides is 1. The normalized spacial score (nSPS) is 22.1. The number of pyridine rings is 1. The highest BCUT2D eigenvalue weighted by molar-refractivity contribution is 7.12. The molecular formula is C17H18N2O3S. The molecule has 2 aromatic rings. The molecule has 0 bridgehead atoms. The minimum Gasteiger partial charge on any atom is -0.492 e. The van der Waals surface area contributed by atoms with Gasteiger partial charge >= 0.3 is 0 Å². The number of likely N-dealkylation sites (tertiary alicyclic amines) is 1. The predicted octanol–water partition coefficient (Wildman–Crippen LogP) is 2.45. The van der Waals surface area contributed by atoms with Gasteiger partial charge in [-0.2, -0.15) is 0 Å². The first-order chi connectivity index (χ1) is 11.3. The minimum absolute atomic E-state index is 0.105. The van der Waals surface area contributed by atoms with Gasteiger partial charge in [-0.05, 0) is 30.0 Å². The van der Waals surface area contributed by atoms with Crippen LogP contribution in [0.15, 0.2) is 42.0 Å². The summed E-state index contributed by atoms with van der Waals surface area (Å²) in [5.74, 6) is 1.20. The highest BCUT2D eigenvalue weighted by Crippen LogP contribution is 2.40. The van der Waals surface area contributed by atoms with E-state index in [1.54, 1.807) is 12.4 Å². The van der Waals surface area contributed by atoms with Gasteiger partial charge in [-0.1, -0.05) is 6.07 Å². The van der Waals surface area contributed by atoms with Gasteiger partial charge in [0, 0.05) is 18.7 Å². The molecule has 23 heavy (non-hydrogen) atoms. The molecule has 6 heteroatoms. The summed E-state index contributed by atoms with van der Waals surface area (Å²) in [4.78, 5) is 19.1. The van der Waals surface area contributed by atoms with Crippen molar-refractivity contribution in [1.82, 2.24) is 9.88 Å². The Kier molecular flexibility index (Phi) is 3.79. The lowest BCUT2D eigenvalue weighted by Gasteiger charge is -2.49. The molecule has 0 unspecified atom stereocenters. The Labute approximate surface area is 138 Å². The van der Waals surface area contributed by atoms with E-state index in [1.165, 1.54) is 11.3 Å². The zero-order valence-electron chi connectivity index (χ0n) is 12.7. The standard InChI is InChI=1S/C17H18N2O3S/c20-16(15-4-2-8-23-15)19-11-17(12-19)13(5-7-22-17)10-21-14-3-1-6-18-9-14/h1-4,6,8-9,13H,5,7,10-12H2/t13-/m0/s1. The fourth-order valence-electron chi connectivity index (χ4n) is 3.30. The van der Waals surface area contributed by atoms with Crippen LogP contribution >= 0.6 is 11.3 Å². The summed E-state index contributed by atoms with van der Waals surface area (Å²) in [5.41, 5.74) is -0.227. The molecule has 0 saturated carbocycles. The number of ether oxygens (including phenoxy) is 2. The Bertz CT molecular complexity index is 668. The van der Waals surface area contributed by atoms with Gasteiger partial charge < -0.3 is 14.4 Å². The molecule has 2 aliphatic rings. The summed E-state index contributed by atoms with van der Waals surface area (Å²) in [6.45, 7) is 2.66. The number of thiophene rings is 1. The Morgan fingerprint density at radius 1 is 1.43 bits per heavy atom. The van der Waals surface area contributed by atoms with E-state index in [-0.39, 0.29) is 11.5 Å². The van der Waals surface area contributed by atoms with Crippen LogP contribution in [0, 0.1) is 5.92 Å². The van der Waals surface area contributed by atoms with Gasteiger partial charge in [-0.3, -0.25) is 9.78 Å². The summed E-state index contributed by atoms with van der Waals surface area (Å²) < 4.78 is 11.8. The third-order valence-corrected chi connectivity index (χ3v) is 5.48. The van der Waals surface area contributed by atoms with Crippen LogP contribution in [0.25, 0.3) is 0 Å². The van der Waals surface area contributed by atoms with Crippen LogP contribution in [-0.4, -0.2) is 47.7 Å². The van der Waals surface area contributed by atoms with Crippen LogP contribution in [0.5, 0.6) is 5.75 Å². The molecule has 1 amide bonds. The second-order valence-corrected chi connectivity index (χ2v) is 6.98. The molecular weight excluding hydrogens is 312 g/mol. The van der Waals surface area contributed by atoms with E-state index in [0.29, 0.717) is 25.6 Å². The zero-order valence-corrected chi connectivity index (χ0v) is 13.5. The van der Waals surface area contributed by atoms with Crippen molar-refractivity contribution in [2.75, 3.05) is 26.3 Å². The van der Waals surface area contributed by atoms with E-state index in [1.807, 2.05) is 34.5 Å². The van der Waals surface area contributed by atoms with Crippen molar-refractivity contribution >= 4 is 17.2 Å². The quantitative estimate of drug-likeness (QED) is 0.864. The van der Waals surface area contributed by atoms with Crippen LogP contribution in [0.2, 0.25) is 0 Å². The highest BCUT2D eigenvalue weighted by atomic mass is 32.1. The largest absolute Gasteiger partial charge is 0.492 e. The summed E-state index contributed by atoms with van der Waals surface area (Å²) in [5, 5.41) is 1.93. The van der Waals surface area contributed by atoms with Gasteiger partial charge in [0.1, 0.15) is 11.4 Å². The van der Waals surface area contributed by atoms with Crippen molar-refractivity contribution in [2.24, 2.45) is 5.92 Å². The van der Waals surface area contributed by atoms with Crippen molar-refractivity contribution in [3.05, 3.63) is 46.9 Å². The van der Waals surface area contributed by atoms with E-state index < -0.39 is 0 Å². The summed E-state index contributed by atoms with van der Waals surface area (Å²) in [6.07, 6.45) is 4.42. The Morgan fingerprint density at radius 2 is 2.35 bits per heavy atom. The average molecular weight is 330 g/mol. The van der Waals surface area contributed by atoms with Gasteiger partial charge in [-0.25, -0.2) is 0 Å². The van der Waals surface area contributed by atoms with Crippen LogP contribution in [0.3, 0.4) is 0 Å². The molecule has 2 fully saturated rings. The number of rotatable bonds is 4. The molecule has 4 heterocycles. The summed E-state index contributed by atoms with van der Waals surface area (Å²) in [7, 11) is 0. The second kappa shape index (κ2) is 5.94. The fraction of sp³-hybridized carbons (Fsp3) is 0.412. The van der Waals surface area contributed by atoms with Crippen LogP contribution in [-0.2, 0) is 4.74 Å². The first-order valence-electron chi connectivity index (χ1n) is 7.76. The average Bonchev–Trinajstić information content (AvgIpc) is 3.21. The first-order valence-corrected chi connectivity index (χ1v) is 8.64. The Balaban J connectivity index is 1.36. The molecule has 1 atom stereocenters. The number of hydrogen-bond acceptors (Lipinski definition) is 5. The van der Waals surface area contributed by atoms with Crippen molar-refractivity contribution in [3.8, 4) is 5.75 Å². The van der Waals surface area contributed by atoms with Crippen molar-refractivity contribution in [1.29, 1.82) is 0 Å². The number of carbonyl (C=O) groups is 1. The van der Waals surface area contributed by atoms with Gasteiger partial charge in [0.2, 0.25) is 0 Å². The van der Waals surface area contributed by atoms with Gasteiger partial charge in [0.15, 0.2) is 0 Å². The predicted molar refractivity (Wildman–Crippen MR) is 86.7 cm³/mol. The molecule has 120 valence electrons. The molecule has 2 saturated heterocycles. The maximum absolute atomic E-state index is 12.4. The maximum atomic E-state index is 12.4. The lowest BCUT2D eigenvalue weighted by atomic mass is 9.81. The zero-order chi connectivity index (χ0) is 15.7. The third kappa shape index (κ3) is 2.72. The lowest BCUT2D eigenvalue weighted by Crippen LogP contribution is -2.66. The van der Waals surface area contributed by atoms with E-state index in [2.05, 4.69) is 4.98 Å². The molecule has 0 radical (unpaired) electrons. The van der Waals surface area contributed by atoms with Crippen molar-refractivity contribution in [3.63, 3.8) is 0 Å². The number of nitrogens with zero attached hydrogens (tertiary/aromatic N) is 2. The van der Waals surface area contributed by atoms with Crippen LogP contribution in [0.1, 0.15) is 16.1 Å². The van der Waals surface area contributed by atoms with Gasteiger partial charge in [-0.15, -0.1) is 11.3 Å². The van der Waals surface area contributed by atoms with E-state index in [9.17, 15) is 4.79 Å². The molecule has 5 nitrogen and oxygen atoms in total. The molecule has 2 aliphatic heterocycles. The smallest absolute Gasteiger partial charge is 0.264 e. The van der Waals surface area contributed by atoms with E-state index in [0.717, 1.165) is 23.7 Å². The topological polar surface area (TPSA) is 51.7 Å². The SMILES string of the molecule is O=C(c1cccs1)N1CC2(C1)OCC[C@H]2COc1cccnc1. The first kappa shape index (κ1) is 14.7. The number of carbonyl (C=O) groups excluding carboxylic acids is 1. The Hall–Kier alpha value is -1.92. The fourth-order valence-corrected chi connectivity index (χ4v) is 3.99. The highest BCUT2D eigenvalue weighted by Gasteiger charge is 2.54. The van der Waals surface area contributed by atoms with E-state index in [4.69, 9.17) is 9.47 Å². The molecule has 2 aromatic heterocycles. The van der Waals surface area contributed by atoms with Crippen molar-refractivity contribution in [2.45, 2.75) is 12.0 Å². The Morgan fingerprint density at radius 3 is 3.09 bits per heavy atom. The number of aromatic nitrogens is 1. The monoisotopic (exact) mass is 330 g/mol. The van der Waals surface area contributed by atoms with Crippen LogP contribution < -0.4 is 4.74 Å².